The fourth-order valence-electron chi connectivity index (χ4n) is 5.77. The van der Waals surface area contributed by atoms with E-state index in [1.165, 1.54) is 12.1 Å². The molecule has 1 unspecified atom stereocenters. The lowest BCUT2D eigenvalue weighted by Gasteiger charge is -2.51. The van der Waals surface area contributed by atoms with Crippen LogP contribution in [0.1, 0.15) is 28.2 Å². The monoisotopic (exact) mass is 476 g/mol. The quantitative estimate of drug-likeness (QED) is 0.338. The van der Waals surface area contributed by atoms with E-state index in [-0.39, 0.29) is 29.1 Å². The Hall–Kier alpha value is -2.84. The number of halogens is 1. The molecule has 31 heavy (non-hydrogen) atoms. The zero-order chi connectivity index (χ0) is 21.5. The molecule has 1 fully saturated rings. The number of nitrogens with one attached hydrogen (secondary N) is 1. The summed E-state index contributed by atoms with van der Waals surface area (Å²) in [4.78, 5) is 28.7. The highest BCUT2D eigenvalue weighted by Crippen LogP contribution is 2.66. The Morgan fingerprint density at radius 2 is 1.42 bits per heavy atom. The van der Waals surface area contributed by atoms with E-state index in [2.05, 4.69) is 15.9 Å². The number of carbonyl (C=O) groups is 2. The van der Waals surface area contributed by atoms with E-state index >= 15 is 0 Å². The fraction of sp³-hybridized carbons (Fsp3) is 0.167. The first kappa shape index (κ1) is 18.9. The van der Waals surface area contributed by atoms with Gasteiger partial charge in [-0.2, -0.15) is 5.23 Å². The summed E-state index contributed by atoms with van der Waals surface area (Å²) >= 11 is 3.94. The summed E-state index contributed by atoms with van der Waals surface area (Å²) in [6.07, 6.45) is 0. The minimum absolute atomic E-state index is 0.0613. The molecule has 2 amide bonds. The number of alkyl halides is 1. The summed E-state index contributed by atoms with van der Waals surface area (Å²) < 4.78 is -0.848. The zero-order valence-electron chi connectivity index (χ0n) is 16.2. The predicted octanol–water partition coefficient (Wildman–Crippen LogP) is 2.99. The van der Waals surface area contributed by atoms with Gasteiger partial charge in [0.05, 0.1) is 16.2 Å². The molecule has 1 saturated heterocycles. The smallest absolute Gasteiger partial charge is 0.240 e. The molecule has 0 aromatic heterocycles. The lowest BCUT2D eigenvalue weighted by molar-refractivity contribution is -0.990. The number of rotatable bonds is 2. The maximum Gasteiger partial charge on any atom is 0.240 e. The summed E-state index contributed by atoms with van der Waals surface area (Å²) in [6, 6.07) is 22.0. The molecule has 2 N–H and O–H groups in total. The Labute approximate surface area is 186 Å². The Balaban J connectivity index is 1.61. The summed E-state index contributed by atoms with van der Waals surface area (Å²) in [5.41, 5.74) is 4.13. The molecule has 7 heteroatoms. The highest BCUT2D eigenvalue weighted by Gasteiger charge is 2.67. The standard InChI is InChI=1S/C24H17BrN2O4/c25-24-15-9-3-1-7-13(15)19(14-8-2-4-10-16(14)24)20-21(24)23(29)26(22(20)28)17-11-5-6-12-18(17)27(30)31/h1-12,19-21,27,30H/t19?,20-,21-,24?/m0/s1. The molecule has 3 aliphatic carbocycles. The van der Waals surface area contributed by atoms with Crippen LogP contribution in [0.3, 0.4) is 0 Å². The third-order valence-corrected chi connectivity index (χ3v) is 8.24. The third-order valence-electron chi connectivity index (χ3n) is 6.89. The van der Waals surface area contributed by atoms with Gasteiger partial charge in [-0.25, -0.2) is 10.1 Å². The van der Waals surface area contributed by atoms with Crippen LogP contribution in [-0.2, 0) is 13.9 Å². The number of hydrogen-bond donors (Lipinski definition) is 2. The number of anilines is 1. The SMILES string of the molecule is O=C1[C@@H]2[C@@H](C(=O)N1c1ccccc1[NH+]([O-])O)C1c3ccccc3C2(Br)c2ccccc21. The van der Waals surface area contributed by atoms with Gasteiger partial charge in [-0.1, -0.05) is 76.6 Å². The number of quaternary nitrogens is 1. The van der Waals surface area contributed by atoms with E-state index in [0.717, 1.165) is 27.2 Å². The van der Waals surface area contributed by atoms with Crippen molar-refractivity contribution in [3.05, 3.63) is 100 Å². The molecular weight excluding hydrogens is 460 g/mol. The molecule has 1 aliphatic heterocycles. The Bertz CT molecular complexity index is 1230. The van der Waals surface area contributed by atoms with Crippen molar-refractivity contribution in [2.45, 2.75) is 10.2 Å². The Morgan fingerprint density at radius 3 is 2.03 bits per heavy atom. The molecule has 1 heterocycles. The van der Waals surface area contributed by atoms with Crippen molar-refractivity contribution in [2.75, 3.05) is 4.90 Å². The van der Waals surface area contributed by atoms with Crippen LogP contribution in [0.2, 0.25) is 0 Å². The van der Waals surface area contributed by atoms with Crippen molar-refractivity contribution in [2.24, 2.45) is 11.8 Å². The van der Waals surface area contributed by atoms with E-state index in [4.69, 9.17) is 0 Å². The van der Waals surface area contributed by atoms with Crippen LogP contribution in [0, 0.1) is 17.0 Å². The predicted molar refractivity (Wildman–Crippen MR) is 116 cm³/mol. The van der Waals surface area contributed by atoms with Gasteiger partial charge in [0.1, 0.15) is 5.69 Å². The highest BCUT2D eigenvalue weighted by molar-refractivity contribution is 9.09. The fourth-order valence-corrected chi connectivity index (χ4v) is 6.97. The molecule has 0 spiro atoms. The molecule has 3 aromatic rings. The van der Waals surface area contributed by atoms with Crippen LogP contribution in [0.5, 0.6) is 0 Å². The number of hydrogen-bond acceptors (Lipinski definition) is 4. The van der Waals surface area contributed by atoms with Gasteiger partial charge in [-0.05, 0) is 28.3 Å². The maximum atomic E-state index is 13.8. The lowest BCUT2D eigenvalue weighted by Crippen LogP contribution is -2.99. The minimum atomic E-state index is -1.17. The maximum absolute atomic E-state index is 13.8. The molecule has 3 atom stereocenters. The van der Waals surface area contributed by atoms with Gasteiger partial charge in [0, 0.05) is 12.0 Å². The molecule has 154 valence electrons. The second-order valence-corrected chi connectivity index (χ2v) is 9.45. The second kappa shape index (κ2) is 6.34. The summed E-state index contributed by atoms with van der Waals surface area (Å²) in [5.74, 6) is -2.22. The molecule has 2 bridgehead atoms. The minimum Gasteiger partial charge on any atom is -0.595 e. The average Bonchev–Trinajstić information content (AvgIpc) is 3.05. The van der Waals surface area contributed by atoms with Crippen LogP contribution in [0.4, 0.5) is 11.4 Å². The molecule has 0 radical (unpaired) electrons. The van der Waals surface area contributed by atoms with E-state index in [1.54, 1.807) is 12.1 Å². The summed E-state index contributed by atoms with van der Waals surface area (Å²) in [6.45, 7) is 0. The molecule has 6 nitrogen and oxygen atoms in total. The van der Waals surface area contributed by atoms with Gasteiger partial charge in [0.15, 0.2) is 5.69 Å². The van der Waals surface area contributed by atoms with Crippen LogP contribution in [-0.4, -0.2) is 17.0 Å². The number of para-hydroxylation sites is 2. The van der Waals surface area contributed by atoms with Crippen molar-refractivity contribution in [3.63, 3.8) is 0 Å². The Morgan fingerprint density at radius 1 is 0.871 bits per heavy atom. The first-order chi connectivity index (χ1) is 15.0. The van der Waals surface area contributed by atoms with E-state index in [0.29, 0.717) is 0 Å². The molecule has 4 aliphatic rings. The van der Waals surface area contributed by atoms with Crippen LogP contribution in [0.15, 0.2) is 72.8 Å². The van der Waals surface area contributed by atoms with E-state index in [1.807, 2.05) is 48.5 Å². The summed E-state index contributed by atoms with van der Waals surface area (Å²) in [7, 11) is 0. The molecular formula is C24H17BrN2O4. The number of carbonyl (C=O) groups excluding carboxylic acids is 2. The van der Waals surface area contributed by atoms with Gasteiger partial charge in [-0.15, -0.1) is 0 Å². The number of benzene rings is 3. The average molecular weight is 477 g/mol. The van der Waals surface area contributed by atoms with Gasteiger partial charge in [0.25, 0.3) is 0 Å². The Kier molecular flexibility index (Phi) is 3.86. The number of nitrogens with zero attached hydrogens (tertiary/aromatic N) is 1. The first-order valence-electron chi connectivity index (χ1n) is 10.0. The van der Waals surface area contributed by atoms with Crippen LogP contribution in [0.25, 0.3) is 0 Å². The van der Waals surface area contributed by atoms with Crippen molar-refractivity contribution in [1.82, 2.24) is 0 Å². The second-order valence-electron chi connectivity index (χ2n) is 8.20. The van der Waals surface area contributed by atoms with Gasteiger partial charge in [0.2, 0.25) is 11.8 Å². The van der Waals surface area contributed by atoms with Gasteiger partial charge >= 0.3 is 0 Å². The first-order valence-corrected chi connectivity index (χ1v) is 10.8. The number of imide groups is 1. The van der Waals surface area contributed by atoms with Crippen molar-refractivity contribution >= 4 is 39.1 Å². The zero-order valence-corrected chi connectivity index (χ0v) is 17.7. The van der Waals surface area contributed by atoms with E-state index < -0.39 is 21.4 Å². The van der Waals surface area contributed by atoms with Crippen molar-refractivity contribution in [3.8, 4) is 0 Å². The normalized spacial score (nSPS) is 28.9. The van der Waals surface area contributed by atoms with Crippen molar-refractivity contribution < 1.29 is 20.0 Å². The molecule has 7 rings (SSSR count). The largest absolute Gasteiger partial charge is 0.595 e. The van der Waals surface area contributed by atoms with E-state index in [9.17, 15) is 20.0 Å². The van der Waals surface area contributed by atoms with Crippen LogP contribution < -0.4 is 10.1 Å². The highest BCUT2D eigenvalue weighted by atomic mass is 79.9. The molecule has 3 aromatic carbocycles. The summed E-state index contributed by atoms with van der Waals surface area (Å²) in [5, 5.41) is 20.3. The van der Waals surface area contributed by atoms with Crippen LogP contribution >= 0.6 is 15.9 Å². The molecule has 0 saturated carbocycles. The third kappa shape index (κ3) is 2.21. The van der Waals surface area contributed by atoms with Gasteiger partial charge < -0.3 is 5.21 Å². The topological polar surface area (TPSA) is 85.1 Å². The lowest BCUT2D eigenvalue weighted by atomic mass is 9.55. The van der Waals surface area contributed by atoms with Gasteiger partial charge in [-0.3, -0.25) is 9.59 Å². The van der Waals surface area contributed by atoms with Crippen molar-refractivity contribution in [1.29, 1.82) is 0 Å². The number of amides is 2.